The summed E-state index contributed by atoms with van der Waals surface area (Å²) in [4.78, 5) is 45.2. The lowest BCUT2D eigenvalue weighted by Gasteiger charge is -2.39. The number of halogens is 4. The fourth-order valence-electron chi connectivity index (χ4n) is 4.93. The van der Waals surface area contributed by atoms with Gasteiger partial charge in [-0.3, -0.25) is 14.4 Å². The van der Waals surface area contributed by atoms with Crippen LogP contribution in [0.4, 0.5) is 13.2 Å². The molecule has 0 bridgehead atoms. The van der Waals surface area contributed by atoms with Gasteiger partial charge in [-0.15, -0.1) is 0 Å². The first kappa shape index (κ1) is 26.7. The molecule has 37 heavy (non-hydrogen) atoms. The second kappa shape index (κ2) is 10.6. The average molecular weight is 539 g/mol. The number of nitrogens with one attached hydrogen (secondary N) is 1. The van der Waals surface area contributed by atoms with Gasteiger partial charge in [-0.05, 0) is 36.3 Å². The van der Waals surface area contributed by atoms with E-state index in [4.69, 9.17) is 16.3 Å². The van der Waals surface area contributed by atoms with E-state index >= 15 is 0 Å². The molecule has 2 fully saturated rings. The van der Waals surface area contributed by atoms with Gasteiger partial charge in [0.1, 0.15) is 11.2 Å². The Hall–Kier alpha value is -3.34. The van der Waals surface area contributed by atoms with Crippen molar-refractivity contribution < 1.29 is 32.3 Å². The number of benzene rings is 1. The molecular formula is C25H26ClF3N4O4. The van der Waals surface area contributed by atoms with Crippen LogP contribution in [0, 0.1) is 5.41 Å². The summed E-state index contributed by atoms with van der Waals surface area (Å²) in [5.74, 6) is -2.72. The summed E-state index contributed by atoms with van der Waals surface area (Å²) in [6.07, 6.45) is -3.20. The average Bonchev–Trinajstić information content (AvgIpc) is 3.29. The number of hydrogen-bond acceptors (Lipinski definition) is 5. The Balaban J connectivity index is 1.42. The summed E-state index contributed by atoms with van der Waals surface area (Å²) in [7, 11) is 1.43. The van der Waals surface area contributed by atoms with E-state index in [1.165, 1.54) is 36.3 Å². The minimum atomic E-state index is -5.11. The molecule has 198 valence electrons. The van der Waals surface area contributed by atoms with E-state index in [1.54, 1.807) is 23.1 Å². The van der Waals surface area contributed by atoms with Gasteiger partial charge in [0.15, 0.2) is 0 Å². The molecule has 2 aliphatic rings. The lowest BCUT2D eigenvalue weighted by Crippen LogP contribution is -2.48. The maximum Gasteiger partial charge on any atom is 0.471 e. The van der Waals surface area contributed by atoms with Crippen LogP contribution in [0.15, 0.2) is 42.5 Å². The van der Waals surface area contributed by atoms with Crippen molar-refractivity contribution >= 4 is 29.3 Å². The number of hydrogen-bond donors (Lipinski definition) is 1. The van der Waals surface area contributed by atoms with Gasteiger partial charge in [-0.2, -0.15) is 13.2 Å². The zero-order valence-corrected chi connectivity index (χ0v) is 20.8. The molecule has 0 saturated carbocycles. The molecule has 1 spiro atoms. The van der Waals surface area contributed by atoms with Gasteiger partial charge in [0.2, 0.25) is 11.8 Å². The number of alkyl halides is 3. The highest BCUT2D eigenvalue weighted by atomic mass is 35.5. The van der Waals surface area contributed by atoms with Crippen LogP contribution in [-0.2, 0) is 9.59 Å². The molecule has 1 aromatic heterocycles. The summed E-state index contributed by atoms with van der Waals surface area (Å²) in [6.45, 7) is 1.61. The Bertz CT molecular complexity index is 1170. The third kappa shape index (κ3) is 5.98. The molecule has 12 heteroatoms. The first-order valence-electron chi connectivity index (χ1n) is 11.7. The predicted octanol–water partition coefficient (Wildman–Crippen LogP) is 3.62. The van der Waals surface area contributed by atoms with E-state index in [2.05, 4.69) is 4.98 Å². The molecule has 1 aromatic carbocycles. The highest BCUT2D eigenvalue weighted by Crippen LogP contribution is 2.41. The molecule has 8 nitrogen and oxygen atoms in total. The molecule has 1 unspecified atom stereocenters. The molecule has 1 N–H and O–H groups in total. The van der Waals surface area contributed by atoms with Gasteiger partial charge in [0.25, 0.3) is 5.91 Å². The number of ether oxygens (including phenoxy) is 1. The third-order valence-electron chi connectivity index (χ3n) is 7.00. The molecule has 0 radical (unpaired) electrons. The lowest BCUT2D eigenvalue weighted by molar-refractivity contribution is -0.175. The number of carbonyl (C=O) groups is 3. The van der Waals surface area contributed by atoms with E-state index < -0.39 is 24.0 Å². The van der Waals surface area contributed by atoms with E-state index in [9.17, 15) is 27.6 Å². The summed E-state index contributed by atoms with van der Waals surface area (Å²) in [5, 5.41) is 2.01. The number of pyridine rings is 1. The van der Waals surface area contributed by atoms with Crippen LogP contribution in [0.3, 0.4) is 0 Å². The number of aromatic nitrogens is 1. The van der Waals surface area contributed by atoms with Crippen LogP contribution in [0.1, 0.15) is 41.2 Å². The molecule has 2 aromatic rings. The van der Waals surface area contributed by atoms with E-state index in [0.717, 1.165) is 0 Å². The van der Waals surface area contributed by atoms with Gasteiger partial charge in [-0.1, -0.05) is 41.9 Å². The summed E-state index contributed by atoms with van der Waals surface area (Å²) < 4.78 is 43.9. The van der Waals surface area contributed by atoms with E-state index in [1.807, 2.05) is 5.32 Å². The van der Waals surface area contributed by atoms with Gasteiger partial charge >= 0.3 is 12.1 Å². The Morgan fingerprint density at radius 3 is 2.27 bits per heavy atom. The number of rotatable bonds is 5. The quantitative estimate of drug-likeness (QED) is 0.587. The fourth-order valence-corrected chi connectivity index (χ4v) is 5.13. The maximum atomic E-state index is 13.3. The van der Waals surface area contributed by atoms with Crippen LogP contribution in [0.25, 0.3) is 0 Å². The zero-order chi connectivity index (χ0) is 26.8. The molecular weight excluding hydrogens is 513 g/mol. The van der Waals surface area contributed by atoms with Crippen LogP contribution in [0.2, 0.25) is 5.15 Å². The Labute approximate surface area is 216 Å². The number of carbonyl (C=O) groups excluding carboxylic acids is 3. The summed E-state index contributed by atoms with van der Waals surface area (Å²) >= 11 is 5.99. The second-order valence-electron chi connectivity index (χ2n) is 9.34. The van der Waals surface area contributed by atoms with E-state index in [-0.39, 0.29) is 27.9 Å². The first-order valence-corrected chi connectivity index (χ1v) is 12.1. The number of likely N-dealkylation sites (tertiary alicyclic amines) is 2. The van der Waals surface area contributed by atoms with Crippen molar-refractivity contribution in [3.8, 4) is 5.88 Å². The third-order valence-corrected chi connectivity index (χ3v) is 7.19. The summed E-state index contributed by atoms with van der Waals surface area (Å²) in [6, 6.07) is 9.44. The number of amides is 3. The largest absolute Gasteiger partial charge is 0.481 e. The highest BCUT2D eigenvalue weighted by Gasteiger charge is 2.46. The van der Waals surface area contributed by atoms with Crippen LogP contribution < -0.4 is 10.1 Å². The standard InChI is InChI=1S/C25H26ClF3N4O4/c1-37-19-14-17(13-18(26)30-19)21(34)32-10-7-24(8-11-32)9-12-33(15-24)22(35)20(16-5-3-2-4-6-16)31-23(36)25(27,28)29/h2-6,13-14,20H,7-12,15H2,1H3,(H,31,36). The van der Waals surface area contributed by atoms with Crippen molar-refractivity contribution in [2.24, 2.45) is 5.41 Å². The minimum absolute atomic E-state index is 0.145. The lowest BCUT2D eigenvalue weighted by atomic mass is 9.77. The Kier molecular flexibility index (Phi) is 7.63. The number of piperidine rings is 1. The van der Waals surface area contributed by atoms with Gasteiger partial charge in [0.05, 0.1) is 7.11 Å². The van der Waals surface area contributed by atoms with Crippen LogP contribution >= 0.6 is 11.6 Å². The van der Waals surface area contributed by atoms with Crippen molar-refractivity contribution in [3.05, 3.63) is 58.7 Å². The molecule has 3 heterocycles. The van der Waals surface area contributed by atoms with Crippen molar-refractivity contribution in [3.63, 3.8) is 0 Å². The molecule has 0 aliphatic carbocycles. The Morgan fingerprint density at radius 2 is 1.68 bits per heavy atom. The fraction of sp³-hybridized carbons (Fsp3) is 0.440. The molecule has 2 saturated heterocycles. The highest BCUT2D eigenvalue weighted by molar-refractivity contribution is 6.29. The minimum Gasteiger partial charge on any atom is -0.481 e. The van der Waals surface area contributed by atoms with Gasteiger partial charge in [-0.25, -0.2) is 4.98 Å². The molecule has 2 aliphatic heterocycles. The van der Waals surface area contributed by atoms with Crippen molar-refractivity contribution in [2.75, 3.05) is 33.3 Å². The topological polar surface area (TPSA) is 91.8 Å². The maximum absolute atomic E-state index is 13.3. The molecule has 4 rings (SSSR count). The van der Waals surface area contributed by atoms with Gasteiger partial charge < -0.3 is 19.9 Å². The SMILES string of the molecule is COc1cc(C(=O)N2CCC3(CC2)CCN(C(=O)C(NC(=O)C(F)(F)F)c2ccccc2)C3)cc(Cl)n1. The van der Waals surface area contributed by atoms with Gasteiger partial charge in [0, 0.05) is 37.8 Å². The first-order chi connectivity index (χ1) is 17.5. The molecule has 3 amide bonds. The van der Waals surface area contributed by atoms with Crippen LogP contribution in [0.5, 0.6) is 5.88 Å². The van der Waals surface area contributed by atoms with Crippen molar-refractivity contribution in [1.29, 1.82) is 0 Å². The smallest absolute Gasteiger partial charge is 0.471 e. The number of methoxy groups -OCH3 is 1. The van der Waals surface area contributed by atoms with E-state index in [0.29, 0.717) is 51.0 Å². The normalized spacial score (nSPS) is 18.0. The summed E-state index contributed by atoms with van der Waals surface area (Å²) in [5.41, 5.74) is 0.384. The Morgan fingerprint density at radius 1 is 1.05 bits per heavy atom. The van der Waals surface area contributed by atoms with Crippen molar-refractivity contribution in [2.45, 2.75) is 31.5 Å². The second-order valence-corrected chi connectivity index (χ2v) is 9.73. The monoisotopic (exact) mass is 538 g/mol. The van der Waals surface area contributed by atoms with Crippen LogP contribution in [-0.4, -0.2) is 72.0 Å². The predicted molar refractivity (Wildman–Crippen MR) is 128 cm³/mol. The zero-order valence-electron chi connectivity index (χ0n) is 20.1. The van der Waals surface area contributed by atoms with Crippen molar-refractivity contribution in [1.82, 2.24) is 20.1 Å². The molecule has 1 atom stereocenters. The number of nitrogens with zero attached hydrogens (tertiary/aromatic N) is 3.